The van der Waals surface area contributed by atoms with Gasteiger partial charge in [-0.05, 0) is 20.3 Å². The molecule has 2 unspecified atom stereocenters. The molecule has 0 heterocycles. The lowest BCUT2D eigenvalue weighted by Crippen LogP contribution is -2.40. The zero-order chi connectivity index (χ0) is 9.61. The second-order valence-electron chi connectivity index (χ2n) is 2.88. The fourth-order valence-corrected chi connectivity index (χ4v) is 1.12. The maximum absolute atomic E-state index is 9.73. The van der Waals surface area contributed by atoms with E-state index in [4.69, 9.17) is 10.00 Å². The van der Waals surface area contributed by atoms with Gasteiger partial charge in [0.05, 0.1) is 6.10 Å². The van der Waals surface area contributed by atoms with Gasteiger partial charge in [-0.3, -0.25) is 0 Å². The molecule has 0 fully saturated rings. The molecule has 0 amide bonds. The minimum Gasteiger partial charge on any atom is -0.375 e. The van der Waals surface area contributed by atoms with Gasteiger partial charge < -0.3 is 9.84 Å². The fourth-order valence-electron chi connectivity index (χ4n) is 1.12. The molecule has 0 saturated heterocycles. The Morgan fingerprint density at radius 3 is 2.50 bits per heavy atom. The molecule has 0 bridgehead atoms. The predicted octanol–water partition coefficient (Wildman–Crippen LogP) is 1.47. The quantitative estimate of drug-likeness (QED) is 0.637. The second-order valence-corrected chi connectivity index (χ2v) is 2.88. The molecule has 2 atom stereocenters. The fraction of sp³-hybridized carbons (Fsp3) is 0.889. The summed E-state index contributed by atoms with van der Waals surface area (Å²) in [6.45, 7) is 6.03. The first-order valence-electron chi connectivity index (χ1n) is 4.36. The van der Waals surface area contributed by atoms with E-state index in [1.54, 1.807) is 6.92 Å². The number of ether oxygens (including phenoxy) is 1. The van der Waals surface area contributed by atoms with Gasteiger partial charge in [0.2, 0.25) is 0 Å². The van der Waals surface area contributed by atoms with Gasteiger partial charge in [0.25, 0.3) is 0 Å². The summed E-state index contributed by atoms with van der Waals surface area (Å²) in [5.74, 6) is 0. The molecular formula is C9H17NO2. The molecule has 0 spiro atoms. The van der Waals surface area contributed by atoms with Crippen LogP contribution >= 0.6 is 0 Å². The van der Waals surface area contributed by atoms with Crippen LogP contribution in [0.25, 0.3) is 0 Å². The van der Waals surface area contributed by atoms with Crippen LogP contribution in [0.1, 0.15) is 33.6 Å². The number of aliphatic hydroxyl groups is 1. The Hall–Kier alpha value is -0.590. The normalized spacial score (nSPS) is 17.9. The third kappa shape index (κ3) is 2.80. The third-order valence-electron chi connectivity index (χ3n) is 1.91. The molecule has 3 heteroatoms. The predicted molar refractivity (Wildman–Crippen MR) is 46.6 cm³/mol. The Morgan fingerprint density at radius 1 is 1.58 bits per heavy atom. The van der Waals surface area contributed by atoms with Crippen LogP contribution < -0.4 is 0 Å². The van der Waals surface area contributed by atoms with Crippen molar-refractivity contribution in [1.82, 2.24) is 0 Å². The van der Waals surface area contributed by atoms with Crippen molar-refractivity contribution in [1.29, 1.82) is 5.26 Å². The van der Waals surface area contributed by atoms with E-state index >= 15 is 0 Å². The van der Waals surface area contributed by atoms with Crippen LogP contribution in [0.4, 0.5) is 0 Å². The van der Waals surface area contributed by atoms with E-state index in [1.165, 1.54) is 0 Å². The minimum atomic E-state index is -1.31. The summed E-state index contributed by atoms with van der Waals surface area (Å²) in [6.07, 6.45) is 0.832. The molecule has 0 aliphatic heterocycles. The van der Waals surface area contributed by atoms with Crippen LogP contribution in [0.2, 0.25) is 0 Å². The summed E-state index contributed by atoms with van der Waals surface area (Å²) < 4.78 is 5.18. The van der Waals surface area contributed by atoms with Crippen LogP contribution in [0.5, 0.6) is 0 Å². The van der Waals surface area contributed by atoms with E-state index in [2.05, 4.69) is 0 Å². The average Bonchev–Trinajstić information content (AvgIpc) is 2.05. The Bertz CT molecular complexity index is 164. The molecule has 3 nitrogen and oxygen atoms in total. The summed E-state index contributed by atoms with van der Waals surface area (Å²) in [4.78, 5) is 0. The molecule has 0 aromatic carbocycles. The number of hydrogen-bond acceptors (Lipinski definition) is 3. The van der Waals surface area contributed by atoms with Gasteiger partial charge in [-0.2, -0.15) is 5.26 Å². The van der Waals surface area contributed by atoms with Crippen LogP contribution in [-0.2, 0) is 4.74 Å². The molecule has 0 aliphatic rings. The maximum Gasteiger partial charge on any atom is 0.176 e. The Balaban J connectivity index is 4.21. The first kappa shape index (κ1) is 11.4. The lowest BCUT2D eigenvalue weighted by Gasteiger charge is -2.26. The van der Waals surface area contributed by atoms with E-state index in [9.17, 15) is 5.11 Å². The van der Waals surface area contributed by atoms with Gasteiger partial charge in [0.15, 0.2) is 5.60 Å². The van der Waals surface area contributed by atoms with Crippen LogP contribution in [0.15, 0.2) is 0 Å². The monoisotopic (exact) mass is 171 g/mol. The Labute approximate surface area is 74.0 Å². The smallest absolute Gasteiger partial charge is 0.176 e. The van der Waals surface area contributed by atoms with Gasteiger partial charge in [0.1, 0.15) is 6.07 Å². The van der Waals surface area contributed by atoms with Crippen LogP contribution in [0, 0.1) is 11.3 Å². The van der Waals surface area contributed by atoms with E-state index < -0.39 is 11.7 Å². The summed E-state index contributed by atoms with van der Waals surface area (Å²) in [5.41, 5.74) is -1.31. The van der Waals surface area contributed by atoms with Crippen molar-refractivity contribution in [3.05, 3.63) is 0 Å². The summed E-state index contributed by atoms with van der Waals surface area (Å²) in [7, 11) is 0. The number of hydrogen-bond donors (Lipinski definition) is 1. The Kier molecular flexibility index (Phi) is 4.87. The lowest BCUT2D eigenvalue weighted by molar-refractivity contribution is -0.0675. The molecule has 0 saturated carbocycles. The molecule has 70 valence electrons. The molecule has 0 aromatic rings. The highest BCUT2D eigenvalue weighted by atomic mass is 16.5. The van der Waals surface area contributed by atoms with Gasteiger partial charge in [-0.25, -0.2) is 0 Å². The topological polar surface area (TPSA) is 53.2 Å². The molecule has 12 heavy (non-hydrogen) atoms. The van der Waals surface area contributed by atoms with Crippen molar-refractivity contribution in [2.75, 3.05) is 6.61 Å². The Morgan fingerprint density at radius 2 is 2.17 bits per heavy atom. The van der Waals surface area contributed by atoms with Crippen molar-refractivity contribution in [2.45, 2.75) is 45.3 Å². The van der Waals surface area contributed by atoms with Crippen molar-refractivity contribution < 1.29 is 9.84 Å². The number of nitrogens with zero attached hydrogens (tertiary/aromatic N) is 1. The van der Waals surface area contributed by atoms with E-state index in [1.807, 2.05) is 19.9 Å². The highest BCUT2D eigenvalue weighted by Crippen LogP contribution is 2.18. The standard InChI is InChI=1S/C9H17NO2/c1-4-6-9(11,7-10)8(3)12-5-2/h8,11H,4-6H2,1-3H3. The lowest BCUT2D eigenvalue weighted by atomic mass is 9.94. The first-order chi connectivity index (χ1) is 5.60. The molecule has 0 aliphatic carbocycles. The van der Waals surface area contributed by atoms with Crippen LogP contribution in [0.3, 0.4) is 0 Å². The minimum absolute atomic E-state index is 0.410. The molecular weight excluding hydrogens is 154 g/mol. The van der Waals surface area contributed by atoms with Crippen LogP contribution in [-0.4, -0.2) is 23.4 Å². The third-order valence-corrected chi connectivity index (χ3v) is 1.91. The summed E-state index contributed by atoms with van der Waals surface area (Å²) in [6, 6.07) is 1.89. The maximum atomic E-state index is 9.73. The number of nitriles is 1. The van der Waals surface area contributed by atoms with Gasteiger partial charge in [-0.1, -0.05) is 13.3 Å². The van der Waals surface area contributed by atoms with E-state index in [0.717, 1.165) is 6.42 Å². The number of rotatable bonds is 5. The molecule has 0 aromatic heterocycles. The van der Waals surface area contributed by atoms with Crippen molar-refractivity contribution >= 4 is 0 Å². The highest BCUT2D eigenvalue weighted by molar-refractivity contribution is 5.04. The summed E-state index contributed by atoms with van der Waals surface area (Å²) >= 11 is 0. The SMILES string of the molecule is CCCC(O)(C#N)C(C)OCC. The molecule has 0 radical (unpaired) electrons. The van der Waals surface area contributed by atoms with Gasteiger partial charge in [0, 0.05) is 6.61 Å². The largest absolute Gasteiger partial charge is 0.375 e. The molecule has 1 N–H and O–H groups in total. The van der Waals surface area contributed by atoms with Crippen molar-refractivity contribution in [3.8, 4) is 6.07 Å². The highest BCUT2D eigenvalue weighted by Gasteiger charge is 2.33. The van der Waals surface area contributed by atoms with E-state index in [-0.39, 0.29) is 0 Å². The van der Waals surface area contributed by atoms with Gasteiger partial charge >= 0.3 is 0 Å². The average molecular weight is 171 g/mol. The van der Waals surface area contributed by atoms with Gasteiger partial charge in [-0.15, -0.1) is 0 Å². The zero-order valence-corrected chi connectivity index (χ0v) is 8.00. The molecule has 0 rings (SSSR count). The van der Waals surface area contributed by atoms with Crippen molar-refractivity contribution in [2.24, 2.45) is 0 Å². The van der Waals surface area contributed by atoms with E-state index in [0.29, 0.717) is 13.0 Å². The zero-order valence-electron chi connectivity index (χ0n) is 8.00. The summed E-state index contributed by atoms with van der Waals surface area (Å²) in [5, 5.41) is 18.5. The van der Waals surface area contributed by atoms with Crippen molar-refractivity contribution in [3.63, 3.8) is 0 Å². The first-order valence-corrected chi connectivity index (χ1v) is 4.36. The second kappa shape index (κ2) is 5.13.